The van der Waals surface area contributed by atoms with Crippen LogP contribution in [0.1, 0.15) is 32.6 Å². The lowest BCUT2D eigenvalue weighted by molar-refractivity contribution is 0.305. The first-order valence-corrected chi connectivity index (χ1v) is 7.62. The Morgan fingerprint density at radius 2 is 2.00 bits per heavy atom. The van der Waals surface area contributed by atoms with Crippen LogP contribution in [0.4, 0.5) is 0 Å². The summed E-state index contributed by atoms with van der Waals surface area (Å²) < 4.78 is 12.3. The topological polar surface area (TPSA) is 60.7 Å². The third-order valence-electron chi connectivity index (χ3n) is 3.77. The highest BCUT2D eigenvalue weighted by molar-refractivity contribution is 5.88. The van der Waals surface area contributed by atoms with Crippen molar-refractivity contribution in [3.63, 3.8) is 0 Å². The Morgan fingerprint density at radius 3 is 2.68 bits per heavy atom. The second-order valence-electron chi connectivity index (χ2n) is 5.33. The second kappa shape index (κ2) is 7.20. The fourth-order valence-corrected chi connectivity index (χ4v) is 2.49. The van der Waals surface area contributed by atoms with Gasteiger partial charge in [-0.25, -0.2) is 0 Å². The highest BCUT2D eigenvalue weighted by atomic mass is 16.5. The number of rotatable bonds is 7. The van der Waals surface area contributed by atoms with E-state index in [1.807, 2.05) is 6.07 Å². The molecule has 0 aliphatic carbocycles. The average Bonchev–Trinajstić information content (AvgIpc) is 2.53. The number of methoxy groups -OCH3 is 1. The molecule has 5 nitrogen and oxygen atoms in total. The van der Waals surface area contributed by atoms with Gasteiger partial charge in [0.1, 0.15) is 5.75 Å². The van der Waals surface area contributed by atoms with E-state index >= 15 is 0 Å². The highest BCUT2D eigenvalue weighted by Crippen LogP contribution is 2.33. The molecule has 22 heavy (non-hydrogen) atoms. The molecule has 5 heteroatoms. The Labute approximate surface area is 130 Å². The molecule has 0 aliphatic heterocycles. The van der Waals surface area contributed by atoms with Crippen molar-refractivity contribution in [3.8, 4) is 17.2 Å². The van der Waals surface area contributed by atoms with Crippen LogP contribution < -0.4 is 15.0 Å². The first-order valence-electron chi connectivity index (χ1n) is 7.62. The maximum atomic E-state index is 12.0. The number of aromatic hydroxyl groups is 1. The largest absolute Gasteiger partial charge is 0.500 e. The molecule has 0 fully saturated rings. The van der Waals surface area contributed by atoms with E-state index in [0.29, 0.717) is 23.3 Å². The van der Waals surface area contributed by atoms with Gasteiger partial charge in [0.05, 0.1) is 19.2 Å². The molecule has 0 saturated carbocycles. The monoisotopic (exact) mass is 305 g/mol. The standard InChI is InChI=1S/C17H23NO4/c1-4-5-6-7-10-22-12-8-9-13-14(11-12)18(2)17(20)15(19)16(13)21-3/h8-9,11,19H,4-7,10H2,1-3H3. The van der Waals surface area contributed by atoms with Gasteiger partial charge in [-0.1, -0.05) is 26.2 Å². The van der Waals surface area contributed by atoms with Gasteiger partial charge in [0, 0.05) is 18.5 Å². The van der Waals surface area contributed by atoms with E-state index < -0.39 is 5.56 Å². The molecule has 1 N–H and O–H groups in total. The number of fused-ring (bicyclic) bond motifs is 1. The Hall–Kier alpha value is -2.17. The lowest BCUT2D eigenvalue weighted by Gasteiger charge is -2.13. The number of hydrogen-bond donors (Lipinski definition) is 1. The normalized spacial score (nSPS) is 10.9. The summed E-state index contributed by atoms with van der Waals surface area (Å²) in [4.78, 5) is 12.0. The summed E-state index contributed by atoms with van der Waals surface area (Å²) >= 11 is 0. The maximum absolute atomic E-state index is 12.0. The number of hydrogen-bond acceptors (Lipinski definition) is 4. The van der Waals surface area contributed by atoms with Crippen LogP contribution in [-0.4, -0.2) is 23.4 Å². The maximum Gasteiger partial charge on any atom is 0.296 e. The minimum atomic E-state index is -0.482. The van der Waals surface area contributed by atoms with E-state index in [4.69, 9.17) is 9.47 Å². The Morgan fingerprint density at radius 1 is 1.23 bits per heavy atom. The number of benzene rings is 1. The third kappa shape index (κ3) is 3.18. The van der Waals surface area contributed by atoms with Gasteiger partial charge >= 0.3 is 0 Å². The molecular formula is C17H23NO4. The SMILES string of the molecule is CCCCCCOc1ccc2c(OC)c(O)c(=O)n(C)c2c1. The quantitative estimate of drug-likeness (QED) is 0.798. The van der Waals surface area contributed by atoms with Crippen molar-refractivity contribution in [2.24, 2.45) is 7.05 Å². The molecule has 0 bridgehead atoms. The molecule has 0 unspecified atom stereocenters. The molecule has 2 aromatic rings. The minimum absolute atomic E-state index is 0.201. The first-order chi connectivity index (χ1) is 10.6. The Bertz CT molecular complexity index is 706. The second-order valence-corrected chi connectivity index (χ2v) is 5.33. The molecule has 0 aliphatic rings. The van der Waals surface area contributed by atoms with Crippen molar-refractivity contribution in [3.05, 3.63) is 28.6 Å². The van der Waals surface area contributed by atoms with E-state index in [2.05, 4.69) is 6.92 Å². The van der Waals surface area contributed by atoms with Crippen molar-refractivity contribution >= 4 is 10.9 Å². The number of aromatic nitrogens is 1. The zero-order valence-corrected chi connectivity index (χ0v) is 13.4. The van der Waals surface area contributed by atoms with Crippen molar-refractivity contribution in [2.45, 2.75) is 32.6 Å². The molecule has 1 heterocycles. The predicted octanol–water partition coefficient (Wildman–Crippen LogP) is 3.21. The first kappa shape index (κ1) is 16.2. The molecular weight excluding hydrogens is 282 g/mol. The van der Waals surface area contributed by atoms with Gasteiger partial charge < -0.3 is 19.1 Å². The van der Waals surface area contributed by atoms with E-state index in [1.165, 1.54) is 24.5 Å². The summed E-state index contributed by atoms with van der Waals surface area (Å²) in [5, 5.41) is 10.6. The number of pyridine rings is 1. The van der Waals surface area contributed by atoms with Gasteiger partial charge in [-0.15, -0.1) is 0 Å². The van der Waals surface area contributed by atoms with Gasteiger partial charge in [-0.2, -0.15) is 0 Å². The zero-order valence-electron chi connectivity index (χ0n) is 13.4. The molecule has 120 valence electrons. The van der Waals surface area contributed by atoms with Gasteiger partial charge in [0.15, 0.2) is 5.75 Å². The summed E-state index contributed by atoms with van der Waals surface area (Å²) in [6.45, 7) is 2.84. The van der Waals surface area contributed by atoms with Gasteiger partial charge in [-0.05, 0) is 18.6 Å². The molecule has 2 rings (SSSR count). The predicted molar refractivity (Wildman–Crippen MR) is 87.0 cm³/mol. The van der Waals surface area contributed by atoms with Crippen molar-refractivity contribution in [2.75, 3.05) is 13.7 Å². The van der Waals surface area contributed by atoms with Crippen molar-refractivity contribution in [1.29, 1.82) is 0 Å². The van der Waals surface area contributed by atoms with Crippen molar-refractivity contribution in [1.82, 2.24) is 4.57 Å². The lowest BCUT2D eigenvalue weighted by Crippen LogP contribution is -2.17. The Kier molecular flexibility index (Phi) is 5.31. The number of ether oxygens (including phenoxy) is 2. The van der Waals surface area contributed by atoms with Gasteiger partial charge in [-0.3, -0.25) is 4.79 Å². The lowest BCUT2D eigenvalue weighted by atomic mass is 10.1. The fourth-order valence-electron chi connectivity index (χ4n) is 2.49. The molecule has 1 aromatic carbocycles. The van der Waals surface area contributed by atoms with E-state index in [9.17, 15) is 9.90 Å². The smallest absolute Gasteiger partial charge is 0.296 e. The number of nitrogens with zero attached hydrogens (tertiary/aromatic N) is 1. The fraction of sp³-hybridized carbons (Fsp3) is 0.471. The third-order valence-corrected chi connectivity index (χ3v) is 3.77. The van der Waals surface area contributed by atoms with Crippen LogP contribution in [0, 0.1) is 0 Å². The summed E-state index contributed by atoms with van der Waals surface area (Å²) in [6.07, 6.45) is 4.58. The minimum Gasteiger partial charge on any atom is -0.500 e. The molecule has 0 spiro atoms. The molecule has 0 atom stereocenters. The Balaban J connectivity index is 2.28. The number of unbranched alkanes of at least 4 members (excludes halogenated alkanes) is 3. The van der Waals surface area contributed by atoms with E-state index in [-0.39, 0.29) is 11.5 Å². The van der Waals surface area contributed by atoms with E-state index in [0.717, 1.165) is 12.8 Å². The van der Waals surface area contributed by atoms with Crippen molar-refractivity contribution < 1.29 is 14.6 Å². The molecule has 0 radical (unpaired) electrons. The van der Waals surface area contributed by atoms with Crippen LogP contribution >= 0.6 is 0 Å². The summed E-state index contributed by atoms with van der Waals surface area (Å²) in [5.41, 5.74) is 0.190. The summed E-state index contributed by atoms with van der Waals surface area (Å²) in [6, 6.07) is 5.43. The van der Waals surface area contributed by atoms with Crippen LogP contribution in [0.5, 0.6) is 17.2 Å². The highest BCUT2D eigenvalue weighted by Gasteiger charge is 2.15. The molecule has 0 saturated heterocycles. The van der Waals surface area contributed by atoms with Crippen LogP contribution in [0.3, 0.4) is 0 Å². The van der Waals surface area contributed by atoms with Crippen LogP contribution in [0.2, 0.25) is 0 Å². The summed E-state index contributed by atoms with van der Waals surface area (Å²) in [5.74, 6) is 0.546. The van der Waals surface area contributed by atoms with Crippen LogP contribution in [0.25, 0.3) is 10.9 Å². The molecule has 1 aromatic heterocycles. The van der Waals surface area contributed by atoms with Gasteiger partial charge in [0.25, 0.3) is 5.56 Å². The van der Waals surface area contributed by atoms with Crippen LogP contribution in [0.15, 0.2) is 23.0 Å². The molecule has 0 amide bonds. The summed E-state index contributed by atoms with van der Waals surface area (Å²) in [7, 11) is 3.06. The van der Waals surface area contributed by atoms with E-state index in [1.54, 1.807) is 19.2 Å². The van der Waals surface area contributed by atoms with Gasteiger partial charge in [0.2, 0.25) is 5.75 Å². The zero-order chi connectivity index (χ0) is 16.1. The number of aryl methyl sites for hydroxylation is 1. The average molecular weight is 305 g/mol. The van der Waals surface area contributed by atoms with Crippen LogP contribution in [-0.2, 0) is 7.05 Å².